The lowest BCUT2D eigenvalue weighted by Crippen LogP contribution is -2.46. The second-order valence-corrected chi connectivity index (χ2v) is 12.7. The third kappa shape index (κ3) is 8.27. The van der Waals surface area contributed by atoms with Gasteiger partial charge in [0.15, 0.2) is 8.32 Å². The van der Waals surface area contributed by atoms with E-state index in [1.54, 1.807) is 0 Å². The molecule has 23 heavy (non-hydrogen) atoms. The van der Waals surface area contributed by atoms with Crippen molar-refractivity contribution in [2.24, 2.45) is 5.92 Å². The van der Waals surface area contributed by atoms with Crippen molar-refractivity contribution in [1.29, 1.82) is 0 Å². The summed E-state index contributed by atoms with van der Waals surface area (Å²) in [5, 5.41) is 0.0703. The van der Waals surface area contributed by atoms with Crippen molar-refractivity contribution in [2.75, 3.05) is 5.88 Å². The maximum absolute atomic E-state index is 12.0. The summed E-state index contributed by atoms with van der Waals surface area (Å²) >= 11 is 5.76. The van der Waals surface area contributed by atoms with E-state index < -0.39 is 8.32 Å². The average molecular weight is 361 g/mol. The van der Waals surface area contributed by atoms with E-state index in [9.17, 15) is 9.59 Å². The molecule has 0 amide bonds. The number of unbranched alkanes of at least 4 members (excludes halogenated alkanes) is 1. The second kappa shape index (κ2) is 10.4. The van der Waals surface area contributed by atoms with Crippen molar-refractivity contribution >= 4 is 32.0 Å². The molecule has 0 saturated heterocycles. The fourth-order valence-corrected chi connectivity index (χ4v) is 3.72. The van der Waals surface area contributed by atoms with Crippen LogP contribution in [0.4, 0.5) is 0 Å². The lowest BCUT2D eigenvalue weighted by atomic mass is 9.92. The van der Waals surface area contributed by atoms with Crippen molar-refractivity contribution in [3.63, 3.8) is 0 Å². The maximum atomic E-state index is 12.0. The Labute approximate surface area is 147 Å². The Kier molecular flexibility index (Phi) is 10.2. The van der Waals surface area contributed by atoms with Crippen molar-refractivity contribution < 1.29 is 14.0 Å². The van der Waals surface area contributed by atoms with Crippen molar-refractivity contribution in [1.82, 2.24) is 0 Å². The molecule has 0 aromatic carbocycles. The summed E-state index contributed by atoms with van der Waals surface area (Å²) in [6.45, 7) is 14.8. The Balaban J connectivity index is 5.15. The summed E-state index contributed by atoms with van der Waals surface area (Å²) in [5.41, 5.74) is 0. The lowest BCUT2D eigenvalue weighted by molar-refractivity contribution is -0.124. The molecule has 0 unspecified atom stereocenters. The molecule has 0 bridgehead atoms. The number of ketones is 1. The molecular formula is C18H33ClO3Si. The topological polar surface area (TPSA) is 43.4 Å². The van der Waals surface area contributed by atoms with Gasteiger partial charge in [0.25, 0.3) is 0 Å². The van der Waals surface area contributed by atoms with Crippen LogP contribution in [0.3, 0.4) is 0 Å². The molecule has 0 spiro atoms. The Morgan fingerprint density at radius 3 is 2.35 bits per heavy atom. The number of carbonyl (C=O) groups excluding carboxylic acids is 2. The van der Waals surface area contributed by atoms with E-state index in [4.69, 9.17) is 16.0 Å². The summed E-state index contributed by atoms with van der Waals surface area (Å²) in [6.07, 6.45) is 5.44. The molecule has 5 heteroatoms. The first kappa shape index (κ1) is 22.5. The molecule has 0 rings (SSSR count). The molecule has 0 fully saturated rings. The van der Waals surface area contributed by atoms with Crippen LogP contribution in [0.1, 0.15) is 52.9 Å². The van der Waals surface area contributed by atoms with Gasteiger partial charge in [-0.1, -0.05) is 33.3 Å². The van der Waals surface area contributed by atoms with Gasteiger partial charge in [-0.05, 0) is 31.0 Å². The van der Waals surface area contributed by atoms with E-state index in [-0.39, 0.29) is 35.7 Å². The smallest absolute Gasteiger partial charge is 0.192 e. The van der Waals surface area contributed by atoms with Crippen LogP contribution >= 0.6 is 11.6 Å². The SMILES string of the molecule is C=C[C@@H](CCCCCl)[C@H](CC(=O)CC=O)O[Si](C)(C)C(C)(C)C. The van der Waals surface area contributed by atoms with Crippen molar-refractivity contribution in [2.45, 2.75) is 77.1 Å². The number of hydrogen-bond acceptors (Lipinski definition) is 3. The molecule has 0 aliphatic rings. The zero-order valence-corrected chi connectivity index (χ0v) is 17.1. The van der Waals surface area contributed by atoms with E-state index in [1.807, 2.05) is 6.08 Å². The summed E-state index contributed by atoms with van der Waals surface area (Å²) in [5.74, 6) is 0.692. The van der Waals surface area contributed by atoms with Gasteiger partial charge in [0.2, 0.25) is 0 Å². The Morgan fingerprint density at radius 1 is 1.30 bits per heavy atom. The molecule has 2 atom stereocenters. The molecule has 3 nitrogen and oxygen atoms in total. The zero-order valence-electron chi connectivity index (χ0n) is 15.4. The standard InChI is InChI=1S/C18H33ClO3Si/c1-7-15(10-8-9-12-19)17(14-16(21)11-13-20)22-23(5,6)18(2,3)4/h7,13,15,17H,1,8-12,14H2,2-6H3/t15-,17-/m0/s1. The molecule has 134 valence electrons. The van der Waals surface area contributed by atoms with E-state index in [0.717, 1.165) is 19.3 Å². The first-order valence-corrected chi connectivity index (χ1v) is 11.8. The minimum absolute atomic E-state index is 0.0388. The summed E-state index contributed by atoms with van der Waals surface area (Å²) < 4.78 is 6.50. The van der Waals surface area contributed by atoms with E-state index in [0.29, 0.717) is 12.2 Å². The number of carbonyl (C=O) groups is 2. The van der Waals surface area contributed by atoms with Crippen LogP contribution in [0.15, 0.2) is 12.7 Å². The summed E-state index contributed by atoms with van der Waals surface area (Å²) in [6, 6.07) is 0. The highest BCUT2D eigenvalue weighted by molar-refractivity contribution is 6.74. The Hall–Kier alpha value is -0.453. The van der Waals surface area contributed by atoms with Gasteiger partial charge in [-0.3, -0.25) is 4.79 Å². The summed E-state index contributed by atoms with van der Waals surface area (Å²) in [7, 11) is -2.00. The molecular weight excluding hydrogens is 328 g/mol. The highest BCUT2D eigenvalue weighted by Crippen LogP contribution is 2.39. The second-order valence-electron chi connectivity index (χ2n) is 7.61. The third-order valence-corrected chi connectivity index (χ3v) is 9.47. The average Bonchev–Trinajstić information content (AvgIpc) is 2.41. The van der Waals surface area contributed by atoms with Gasteiger partial charge in [-0.25, -0.2) is 0 Å². The monoisotopic (exact) mass is 360 g/mol. The van der Waals surface area contributed by atoms with Crippen LogP contribution in [0.2, 0.25) is 18.1 Å². The molecule has 0 saturated carbocycles. The molecule has 0 aromatic heterocycles. The zero-order chi connectivity index (χ0) is 18.1. The fraction of sp³-hybridized carbons (Fsp3) is 0.778. The van der Waals surface area contributed by atoms with Gasteiger partial charge in [0, 0.05) is 18.2 Å². The van der Waals surface area contributed by atoms with Crippen molar-refractivity contribution in [3.05, 3.63) is 12.7 Å². The van der Waals surface area contributed by atoms with Gasteiger partial charge < -0.3 is 9.22 Å². The number of Topliss-reactive ketones (excluding diaryl/α,β-unsaturated/α-hetero) is 1. The number of rotatable bonds is 12. The first-order valence-electron chi connectivity index (χ1n) is 8.40. The van der Waals surface area contributed by atoms with Crippen LogP contribution < -0.4 is 0 Å². The fourth-order valence-electron chi connectivity index (χ4n) is 2.17. The van der Waals surface area contributed by atoms with Crippen LogP contribution in [0.25, 0.3) is 0 Å². The van der Waals surface area contributed by atoms with Gasteiger partial charge in [0.1, 0.15) is 12.1 Å². The predicted octanol–water partition coefficient (Wildman–Crippen LogP) is 5.14. The van der Waals surface area contributed by atoms with Crippen LogP contribution in [-0.2, 0) is 14.0 Å². The Morgan fingerprint density at radius 2 is 1.91 bits per heavy atom. The quantitative estimate of drug-likeness (QED) is 0.121. The number of hydrogen-bond donors (Lipinski definition) is 0. The molecule has 0 heterocycles. The molecule has 0 aromatic rings. The molecule has 0 aliphatic carbocycles. The maximum Gasteiger partial charge on any atom is 0.192 e. The van der Waals surface area contributed by atoms with Gasteiger partial charge in [-0.15, -0.1) is 18.2 Å². The van der Waals surface area contributed by atoms with E-state index in [1.165, 1.54) is 0 Å². The Bertz CT molecular complexity index is 388. The molecule has 0 radical (unpaired) electrons. The largest absolute Gasteiger partial charge is 0.413 e. The highest BCUT2D eigenvalue weighted by Gasteiger charge is 2.40. The third-order valence-electron chi connectivity index (χ3n) is 4.69. The van der Waals surface area contributed by atoms with E-state index in [2.05, 4.69) is 40.4 Å². The predicted molar refractivity (Wildman–Crippen MR) is 101 cm³/mol. The van der Waals surface area contributed by atoms with Crippen LogP contribution in [0.5, 0.6) is 0 Å². The van der Waals surface area contributed by atoms with E-state index >= 15 is 0 Å². The van der Waals surface area contributed by atoms with Gasteiger partial charge in [0.05, 0.1) is 12.5 Å². The van der Waals surface area contributed by atoms with Crippen LogP contribution in [0, 0.1) is 5.92 Å². The van der Waals surface area contributed by atoms with Crippen LogP contribution in [-0.4, -0.2) is 32.4 Å². The summed E-state index contributed by atoms with van der Waals surface area (Å²) in [4.78, 5) is 22.6. The number of alkyl halides is 1. The number of aldehydes is 1. The van der Waals surface area contributed by atoms with Crippen molar-refractivity contribution in [3.8, 4) is 0 Å². The molecule has 0 aliphatic heterocycles. The molecule has 0 N–H and O–H groups in total. The first-order chi connectivity index (χ1) is 10.6. The van der Waals surface area contributed by atoms with Gasteiger partial charge >= 0.3 is 0 Å². The highest BCUT2D eigenvalue weighted by atomic mass is 35.5. The normalized spacial score (nSPS) is 15.0. The lowest BCUT2D eigenvalue weighted by Gasteiger charge is -2.41. The minimum Gasteiger partial charge on any atom is -0.413 e. The number of halogens is 1. The van der Waals surface area contributed by atoms with Gasteiger partial charge in [-0.2, -0.15) is 0 Å². The minimum atomic E-state index is -2.00.